The predicted molar refractivity (Wildman–Crippen MR) is 105 cm³/mol. The molecule has 2 unspecified atom stereocenters. The van der Waals surface area contributed by atoms with E-state index < -0.39 is 0 Å². The largest absolute Gasteiger partial charge is 0.468 e. The third-order valence-corrected chi connectivity index (χ3v) is 5.02. The summed E-state index contributed by atoms with van der Waals surface area (Å²) >= 11 is 0. The van der Waals surface area contributed by atoms with Crippen LogP contribution in [0.4, 0.5) is 4.39 Å². The summed E-state index contributed by atoms with van der Waals surface area (Å²) in [4.78, 5) is 14.9. The number of ether oxygens (including phenoxy) is 1. The van der Waals surface area contributed by atoms with Gasteiger partial charge in [0, 0.05) is 13.2 Å². The Morgan fingerprint density at radius 1 is 1.29 bits per heavy atom. The molecule has 2 atom stereocenters. The van der Waals surface area contributed by atoms with E-state index in [4.69, 9.17) is 9.15 Å². The van der Waals surface area contributed by atoms with Crippen LogP contribution in [0.15, 0.2) is 47.1 Å². The monoisotopic (exact) mass is 388 g/mol. The van der Waals surface area contributed by atoms with E-state index in [0.29, 0.717) is 13.1 Å². The Balaban J connectivity index is 1.64. The van der Waals surface area contributed by atoms with Gasteiger partial charge in [-0.1, -0.05) is 26.0 Å². The van der Waals surface area contributed by atoms with Crippen LogP contribution in [0.1, 0.15) is 44.1 Å². The normalized spacial score (nSPS) is 18.0. The van der Waals surface area contributed by atoms with Gasteiger partial charge in [-0.2, -0.15) is 0 Å². The number of carbonyl (C=O) groups is 1. The Labute approximate surface area is 165 Å². The van der Waals surface area contributed by atoms with E-state index in [2.05, 4.69) is 10.2 Å². The van der Waals surface area contributed by atoms with E-state index in [1.807, 2.05) is 26.0 Å². The average Bonchev–Trinajstić information content (AvgIpc) is 3.34. The Kier molecular flexibility index (Phi) is 7.23. The topological polar surface area (TPSA) is 54.7 Å². The molecule has 1 N–H and O–H groups in total. The molecular formula is C22H29FN2O3. The molecule has 0 bridgehead atoms. The van der Waals surface area contributed by atoms with Crippen molar-refractivity contribution >= 4 is 5.91 Å². The summed E-state index contributed by atoms with van der Waals surface area (Å²) < 4.78 is 24.4. The molecule has 2 heterocycles. The minimum atomic E-state index is -0.279. The second kappa shape index (κ2) is 9.85. The SMILES string of the molecule is CC(C)C(NC(=O)CN(Cc1ccco1)CC1CCCO1)c1ccc(F)cc1. The first-order valence-corrected chi connectivity index (χ1v) is 9.92. The Morgan fingerprint density at radius 3 is 2.68 bits per heavy atom. The van der Waals surface area contributed by atoms with Crippen molar-refractivity contribution < 1.29 is 18.3 Å². The summed E-state index contributed by atoms with van der Waals surface area (Å²) in [5.74, 6) is 0.669. The standard InChI is InChI=1S/C22H29FN2O3/c1-16(2)22(17-7-9-18(23)10-8-17)24-21(26)15-25(13-19-5-3-11-27-19)14-20-6-4-12-28-20/h3,5,7-11,16,20,22H,4,6,12-15H2,1-2H3,(H,24,26). The minimum absolute atomic E-state index is 0.0624. The lowest BCUT2D eigenvalue weighted by molar-refractivity contribution is -0.123. The van der Waals surface area contributed by atoms with Gasteiger partial charge in [0.1, 0.15) is 11.6 Å². The summed E-state index contributed by atoms with van der Waals surface area (Å²) in [7, 11) is 0. The molecule has 1 aromatic heterocycles. The number of furan rings is 1. The summed E-state index contributed by atoms with van der Waals surface area (Å²) in [6.07, 6.45) is 3.87. The van der Waals surface area contributed by atoms with Crippen LogP contribution in [-0.4, -0.2) is 36.6 Å². The van der Waals surface area contributed by atoms with Crippen molar-refractivity contribution in [2.75, 3.05) is 19.7 Å². The molecular weight excluding hydrogens is 359 g/mol. The number of hydrogen-bond acceptors (Lipinski definition) is 4. The van der Waals surface area contributed by atoms with E-state index in [9.17, 15) is 9.18 Å². The van der Waals surface area contributed by atoms with Gasteiger partial charge >= 0.3 is 0 Å². The Bertz CT molecular complexity index is 725. The number of benzene rings is 1. The van der Waals surface area contributed by atoms with Crippen molar-refractivity contribution in [3.63, 3.8) is 0 Å². The van der Waals surface area contributed by atoms with Gasteiger partial charge in [0.05, 0.1) is 31.5 Å². The van der Waals surface area contributed by atoms with Crippen molar-refractivity contribution in [2.45, 2.75) is 45.4 Å². The van der Waals surface area contributed by atoms with Gasteiger partial charge in [-0.15, -0.1) is 0 Å². The summed E-state index contributed by atoms with van der Waals surface area (Å²) in [6.45, 7) is 6.37. The van der Waals surface area contributed by atoms with E-state index >= 15 is 0 Å². The third-order valence-electron chi connectivity index (χ3n) is 5.02. The Hall–Kier alpha value is -2.18. The third kappa shape index (κ3) is 5.91. The molecule has 1 aliphatic heterocycles. The van der Waals surface area contributed by atoms with Crippen LogP contribution in [-0.2, 0) is 16.1 Å². The fourth-order valence-corrected chi connectivity index (χ4v) is 3.61. The molecule has 0 saturated carbocycles. The molecule has 6 heteroatoms. The van der Waals surface area contributed by atoms with Gasteiger partial charge in [0.2, 0.25) is 5.91 Å². The van der Waals surface area contributed by atoms with E-state index in [0.717, 1.165) is 30.8 Å². The van der Waals surface area contributed by atoms with Crippen LogP contribution in [0, 0.1) is 11.7 Å². The molecule has 1 aliphatic rings. The molecule has 5 nitrogen and oxygen atoms in total. The number of amides is 1. The van der Waals surface area contributed by atoms with Crippen LogP contribution in [0.25, 0.3) is 0 Å². The van der Waals surface area contributed by atoms with Gasteiger partial charge in [-0.25, -0.2) is 4.39 Å². The molecule has 1 fully saturated rings. The highest BCUT2D eigenvalue weighted by molar-refractivity contribution is 5.78. The number of nitrogens with zero attached hydrogens (tertiary/aromatic N) is 1. The summed E-state index contributed by atoms with van der Waals surface area (Å²) in [5.41, 5.74) is 0.904. The molecule has 0 spiro atoms. The molecule has 1 saturated heterocycles. The number of carbonyl (C=O) groups excluding carboxylic acids is 1. The first-order valence-electron chi connectivity index (χ1n) is 9.92. The average molecular weight is 388 g/mol. The lowest BCUT2D eigenvalue weighted by Gasteiger charge is -2.27. The lowest BCUT2D eigenvalue weighted by Crippen LogP contribution is -2.42. The summed E-state index contributed by atoms with van der Waals surface area (Å²) in [5, 5.41) is 3.11. The second-order valence-corrected chi connectivity index (χ2v) is 7.72. The van der Waals surface area contributed by atoms with Crippen LogP contribution in [0.5, 0.6) is 0 Å². The first kappa shape index (κ1) is 20.6. The molecule has 1 aromatic carbocycles. The van der Waals surface area contributed by atoms with Gasteiger partial charge < -0.3 is 14.5 Å². The maximum absolute atomic E-state index is 13.2. The lowest BCUT2D eigenvalue weighted by atomic mass is 9.96. The zero-order valence-corrected chi connectivity index (χ0v) is 16.6. The van der Waals surface area contributed by atoms with Crippen molar-refractivity contribution in [3.05, 3.63) is 59.8 Å². The number of nitrogens with one attached hydrogen (secondary N) is 1. The van der Waals surface area contributed by atoms with Gasteiger partial charge in [0.15, 0.2) is 0 Å². The maximum Gasteiger partial charge on any atom is 0.234 e. The minimum Gasteiger partial charge on any atom is -0.468 e. The van der Waals surface area contributed by atoms with Gasteiger partial charge in [-0.05, 0) is 48.6 Å². The Morgan fingerprint density at radius 2 is 2.07 bits per heavy atom. The van der Waals surface area contributed by atoms with Crippen molar-refractivity contribution in [1.82, 2.24) is 10.2 Å². The zero-order valence-electron chi connectivity index (χ0n) is 16.6. The molecule has 2 aromatic rings. The molecule has 1 amide bonds. The predicted octanol–water partition coefficient (Wildman–Crippen LogP) is 3.91. The zero-order chi connectivity index (χ0) is 19.9. The van der Waals surface area contributed by atoms with Crippen LogP contribution < -0.4 is 5.32 Å². The second-order valence-electron chi connectivity index (χ2n) is 7.72. The maximum atomic E-state index is 13.2. The number of halogens is 1. The van der Waals surface area contributed by atoms with E-state index in [1.54, 1.807) is 18.4 Å². The number of rotatable bonds is 9. The van der Waals surface area contributed by atoms with E-state index in [-0.39, 0.29) is 36.3 Å². The van der Waals surface area contributed by atoms with Crippen LogP contribution >= 0.6 is 0 Å². The van der Waals surface area contributed by atoms with Gasteiger partial charge in [-0.3, -0.25) is 9.69 Å². The van der Waals surface area contributed by atoms with Gasteiger partial charge in [0.25, 0.3) is 0 Å². The molecule has 152 valence electrons. The van der Waals surface area contributed by atoms with E-state index in [1.165, 1.54) is 12.1 Å². The summed E-state index contributed by atoms with van der Waals surface area (Å²) in [6, 6.07) is 9.91. The highest BCUT2D eigenvalue weighted by atomic mass is 19.1. The van der Waals surface area contributed by atoms with Crippen LogP contribution in [0.2, 0.25) is 0 Å². The first-order chi connectivity index (χ1) is 13.5. The highest BCUT2D eigenvalue weighted by Gasteiger charge is 2.24. The van der Waals surface area contributed by atoms with Crippen molar-refractivity contribution in [3.8, 4) is 0 Å². The molecule has 3 rings (SSSR count). The van der Waals surface area contributed by atoms with Crippen molar-refractivity contribution in [2.24, 2.45) is 5.92 Å². The fourth-order valence-electron chi connectivity index (χ4n) is 3.61. The van der Waals surface area contributed by atoms with Crippen molar-refractivity contribution in [1.29, 1.82) is 0 Å². The fraction of sp³-hybridized carbons (Fsp3) is 0.500. The molecule has 28 heavy (non-hydrogen) atoms. The van der Waals surface area contributed by atoms with Crippen LogP contribution in [0.3, 0.4) is 0 Å². The quantitative estimate of drug-likeness (QED) is 0.708. The smallest absolute Gasteiger partial charge is 0.234 e. The molecule has 0 aliphatic carbocycles. The molecule has 0 radical (unpaired) electrons. The number of hydrogen-bond donors (Lipinski definition) is 1. The highest BCUT2D eigenvalue weighted by Crippen LogP contribution is 2.22.